The van der Waals surface area contributed by atoms with Crippen LogP contribution in [0.2, 0.25) is 0 Å². The fraction of sp³-hybridized carbons (Fsp3) is 0.600. The first-order valence-electron chi connectivity index (χ1n) is 5.16. The largest absolute Gasteiger partial charge is 0.462 e. The summed E-state index contributed by atoms with van der Waals surface area (Å²) in [6.45, 7) is 1.40. The van der Waals surface area contributed by atoms with Crippen LogP contribution in [0.25, 0.3) is 0 Å². The minimum Gasteiger partial charge on any atom is -0.462 e. The van der Waals surface area contributed by atoms with Crippen LogP contribution in [-0.2, 0) is 14.3 Å². The number of ether oxygens (including phenoxy) is 1. The molecule has 0 N–H and O–H groups in total. The molecule has 102 valence electrons. The highest BCUT2D eigenvalue weighted by Crippen LogP contribution is 2.39. The number of ketones is 1. The summed E-state index contributed by atoms with van der Waals surface area (Å²) in [6, 6.07) is 0. The maximum Gasteiger partial charge on any atom is 0.455 e. The minimum atomic E-state index is -5.06. The summed E-state index contributed by atoms with van der Waals surface area (Å²) in [6.07, 6.45) is -4.23. The van der Waals surface area contributed by atoms with Crippen molar-refractivity contribution in [3.05, 3.63) is 9.81 Å². The van der Waals surface area contributed by atoms with Gasteiger partial charge in [0.15, 0.2) is 0 Å². The van der Waals surface area contributed by atoms with Crippen LogP contribution in [0.5, 0.6) is 0 Å². The molecule has 18 heavy (non-hydrogen) atoms. The van der Waals surface area contributed by atoms with E-state index in [9.17, 15) is 22.8 Å². The molecule has 0 atom stereocenters. The Bertz CT molecular complexity index is 369. The van der Waals surface area contributed by atoms with Gasteiger partial charge in [0.1, 0.15) is 5.57 Å². The third-order valence-electron chi connectivity index (χ3n) is 1.92. The molecular formula is C10H11F3O3S2. The normalized spacial score (nSPS) is 16.3. The molecule has 1 fully saturated rings. The molecule has 1 rings (SSSR count). The van der Waals surface area contributed by atoms with Crippen molar-refractivity contribution < 1.29 is 27.5 Å². The Balaban J connectivity index is 3.09. The number of Topliss-reactive ketones (excluding diaryl/α,β-unsaturated/α-hetero) is 1. The highest BCUT2D eigenvalue weighted by molar-refractivity contribution is 8.22. The summed E-state index contributed by atoms with van der Waals surface area (Å²) in [4.78, 5) is 22.8. The number of alkyl halides is 3. The molecule has 0 saturated carbocycles. The van der Waals surface area contributed by atoms with Crippen molar-refractivity contribution in [3.63, 3.8) is 0 Å². The van der Waals surface area contributed by atoms with Gasteiger partial charge in [0.2, 0.25) is 0 Å². The molecule has 1 heterocycles. The topological polar surface area (TPSA) is 43.4 Å². The van der Waals surface area contributed by atoms with Crippen molar-refractivity contribution in [1.29, 1.82) is 0 Å². The lowest BCUT2D eigenvalue weighted by molar-refractivity contribution is -0.168. The van der Waals surface area contributed by atoms with Gasteiger partial charge in [0.05, 0.1) is 10.8 Å². The van der Waals surface area contributed by atoms with Gasteiger partial charge in [-0.25, -0.2) is 4.79 Å². The molecule has 8 heteroatoms. The van der Waals surface area contributed by atoms with E-state index in [-0.39, 0.29) is 10.8 Å². The molecule has 0 aromatic heterocycles. The van der Waals surface area contributed by atoms with Crippen LogP contribution in [-0.4, -0.2) is 36.0 Å². The Labute approximate surface area is 111 Å². The Hall–Kier alpha value is -0.630. The monoisotopic (exact) mass is 300 g/mol. The first-order valence-corrected chi connectivity index (χ1v) is 7.13. The van der Waals surface area contributed by atoms with E-state index in [0.29, 0.717) is 11.5 Å². The molecule has 0 spiro atoms. The highest BCUT2D eigenvalue weighted by atomic mass is 32.2. The zero-order valence-electron chi connectivity index (χ0n) is 9.50. The van der Waals surface area contributed by atoms with Gasteiger partial charge in [0, 0.05) is 0 Å². The Kier molecular flexibility index (Phi) is 5.58. The summed E-state index contributed by atoms with van der Waals surface area (Å²) >= 11 is 2.18. The summed E-state index contributed by atoms with van der Waals surface area (Å²) in [5.74, 6) is -2.14. The number of carbonyl (C=O) groups is 2. The fourth-order valence-electron chi connectivity index (χ4n) is 1.19. The average molecular weight is 300 g/mol. The van der Waals surface area contributed by atoms with E-state index >= 15 is 0 Å². The maximum atomic E-state index is 12.4. The quantitative estimate of drug-likeness (QED) is 0.347. The number of hydrogen-bond donors (Lipinski definition) is 0. The molecule has 0 amide bonds. The number of halogens is 3. The first kappa shape index (κ1) is 15.4. The molecule has 1 saturated heterocycles. The van der Waals surface area contributed by atoms with Crippen molar-refractivity contribution in [2.24, 2.45) is 0 Å². The Morgan fingerprint density at radius 1 is 1.28 bits per heavy atom. The Morgan fingerprint density at radius 3 is 2.28 bits per heavy atom. The molecule has 0 aromatic rings. The number of thioether (sulfide) groups is 2. The van der Waals surface area contributed by atoms with E-state index in [1.807, 2.05) is 0 Å². The molecule has 0 bridgehead atoms. The minimum absolute atomic E-state index is 0.0733. The van der Waals surface area contributed by atoms with Crippen molar-refractivity contribution in [1.82, 2.24) is 0 Å². The number of hydrogen-bond acceptors (Lipinski definition) is 5. The molecular weight excluding hydrogens is 289 g/mol. The van der Waals surface area contributed by atoms with Gasteiger partial charge in [-0.1, -0.05) is 0 Å². The summed E-state index contributed by atoms with van der Waals surface area (Å²) in [7, 11) is 0. The summed E-state index contributed by atoms with van der Waals surface area (Å²) < 4.78 is 42.0. The maximum absolute atomic E-state index is 12.4. The van der Waals surface area contributed by atoms with E-state index in [4.69, 9.17) is 0 Å². The summed E-state index contributed by atoms with van der Waals surface area (Å²) in [5, 5.41) is 0. The Morgan fingerprint density at radius 2 is 1.83 bits per heavy atom. The molecule has 0 radical (unpaired) electrons. The van der Waals surface area contributed by atoms with Crippen molar-refractivity contribution in [3.8, 4) is 0 Å². The molecule has 3 nitrogen and oxygen atoms in total. The fourth-order valence-corrected chi connectivity index (χ4v) is 3.79. The standard InChI is InChI=1S/C10H11F3O3S2/c1-2-16-8(15)6(7(14)10(11,12)13)9-17-4-3-5-18-9/h2-5H2,1H3. The van der Waals surface area contributed by atoms with Crippen molar-refractivity contribution in [2.75, 3.05) is 18.1 Å². The molecule has 1 aliphatic heterocycles. The second-order valence-electron chi connectivity index (χ2n) is 3.26. The van der Waals surface area contributed by atoms with Crippen LogP contribution in [0.4, 0.5) is 13.2 Å². The molecule has 0 aliphatic carbocycles. The van der Waals surface area contributed by atoms with Gasteiger partial charge in [0.25, 0.3) is 5.78 Å². The average Bonchev–Trinajstić information content (AvgIpc) is 2.29. The predicted molar refractivity (Wildman–Crippen MR) is 64.3 cm³/mol. The van der Waals surface area contributed by atoms with Gasteiger partial charge in [-0.15, -0.1) is 23.5 Å². The van der Waals surface area contributed by atoms with Crippen LogP contribution in [0.3, 0.4) is 0 Å². The molecule has 0 aromatic carbocycles. The number of carbonyl (C=O) groups excluding carboxylic acids is 2. The second-order valence-corrected chi connectivity index (χ2v) is 5.73. The van der Waals surface area contributed by atoms with E-state index < -0.39 is 23.5 Å². The van der Waals surface area contributed by atoms with Gasteiger partial charge in [-0.3, -0.25) is 4.79 Å². The lowest BCUT2D eigenvalue weighted by atomic mass is 10.2. The van der Waals surface area contributed by atoms with Crippen LogP contribution in [0, 0.1) is 0 Å². The lowest BCUT2D eigenvalue weighted by Crippen LogP contribution is -2.30. The van der Waals surface area contributed by atoms with E-state index in [0.717, 1.165) is 29.9 Å². The predicted octanol–water partition coefficient (Wildman–Crippen LogP) is 2.76. The lowest BCUT2D eigenvalue weighted by Gasteiger charge is -2.17. The number of rotatable bonds is 3. The van der Waals surface area contributed by atoms with Crippen LogP contribution in [0.1, 0.15) is 13.3 Å². The third-order valence-corrected chi connectivity index (χ3v) is 4.55. The highest BCUT2D eigenvalue weighted by Gasteiger charge is 2.45. The second kappa shape index (κ2) is 6.51. The zero-order chi connectivity index (χ0) is 13.8. The summed E-state index contributed by atoms with van der Waals surface area (Å²) in [5.41, 5.74) is -0.876. The van der Waals surface area contributed by atoms with Crippen LogP contribution in [0.15, 0.2) is 9.81 Å². The van der Waals surface area contributed by atoms with E-state index in [1.54, 1.807) is 0 Å². The van der Waals surface area contributed by atoms with E-state index in [1.165, 1.54) is 6.92 Å². The van der Waals surface area contributed by atoms with E-state index in [2.05, 4.69) is 4.74 Å². The number of esters is 1. The van der Waals surface area contributed by atoms with Crippen LogP contribution < -0.4 is 0 Å². The van der Waals surface area contributed by atoms with Gasteiger partial charge in [-0.05, 0) is 24.9 Å². The molecule has 0 unspecified atom stereocenters. The van der Waals surface area contributed by atoms with Gasteiger partial charge in [-0.2, -0.15) is 13.2 Å². The SMILES string of the molecule is CCOC(=O)C(C(=O)C(F)(F)F)=C1SCCCS1. The van der Waals surface area contributed by atoms with Gasteiger partial charge < -0.3 is 4.74 Å². The first-order chi connectivity index (χ1) is 8.38. The van der Waals surface area contributed by atoms with Crippen molar-refractivity contribution in [2.45, 2.75) is 19.5 Å². The zero-order valence-corrected chi connectivity index (χ0v) is 11.1. The smallest absolute Gasteiger partial charge is 0.455 e. The third kappa shape index (κ3) is 3.94. The van der Waals surface area contributed by atoms with Gasteiger partial charge >= 0.3 is 12.1 Å². The van der Waals surface area contributed by atoms with Crippen molar-refractivity contribution >= 4 is 35.3 Å². The van der Waals surface area contributed by atoms with Crippen LogP contribution >= 0.6 is 23.5 Å². The molecule has 1 aliphatic rings.